The molecule has 1 atom stereocenters. The van der Waals surface area contributed by atoms with Gasteiger partial charge in [-0.05, 0) is 20.8 Å². The van der Waals surface area contributed by atoms with Crippen LogP contribution in [0.1, 0.15) is 27.2 Å². The predicted octanol–water partition coefficient (Wildman–Crippen LogP) is 0.215. The SMILES string of the molecule is CCNC(=O)CC(CN)N(CCOCC)CCOCC. The summed E-state index contributed by atoms with van der Waals surface area (Å²) in [5.74, 6) is 0.0424. The topological polar surface area (TPSA) is 76.8 Å². The summed E-state index contributed by atoms with van der Waals surface area (Å²) >= 11 is 0. The maximum Gasteiger partial charge on any atom is 0.221 e. The molecule has 6 nitrogen and oxygen atoms in total. The molecule has 0 fully saturated rings. The number of rotatable bonds is 13. The van der Waals surface area contributed by atoms with Gasteiger partial charge in [-0.2, -0.15) is 0 Å². The van der Waals surface area contributed by atoms with E-state index in [-0.39, 0.29) is 11.9 Å². The summed E-state index contributed by atoms with van der Waals surface area (Å²) in [6, 6.07) is 0.0301. The number of nitrogens with one attached hydrogen (secondary N) is 1. The van der Waals surface area contributed by atoms with E-state index < -0.39 is 0 Å². The van der Waals surface area contributed by atoms with Crippen molar-refractivity contribution in [3.63, 3.8) is 0 Å². The van der Waals surface area contributed by atoms with Crippen molar-refractivity contribution in [1.29, 1.82) is 0 Å². The molecule has 1 amide bonds. The maximum atomic E-state index is 11.7. The van der Waals surface area contributed by atoms with Gasteiger partial charge in [0.25, 0.3) is 0 Å². The van der Waals surface area contributed by atoms with E-state index in [0.29, 0.717) is 45.9 Å². The second-order valence-electron chi connectivity index (χ2n) is 4.48. The van der Waals surface area contributed by atoms with Crippen LogP contribution in [0.15, 0.2) is 0 Å². The minimum absolute atomic E-state index is 0.0301. The summed E-state index contributed by atoms with van der Waals surface area (Å²) in [5, 5.41) is 2.82. The maximum absolute atomic E-state index is 11.7. The Kier molecular flexibility index (Phi) is 12.8. The third-order valence-corrected chi connectivity index (χ3v) is 3.04. The van der Waals surface area contributed by atoms with Crippen molar-refractivity contribution in [3.8, 4) is 0 Å². The van der Waals surface area contributed by atoms with Crippen molar-refractivity contribution in [1.82, 2.24) is 10.2 Å². The van der Waals surface area contributed by atoms with Crippen LogP contribution >= 0.6 is 0 Å². The molecule has 0 aliphatic heterocycles. The predicted molar refractivity (Wildman–Crippen MR) is 80.7 cm³/mol. The van der Waals surface area contributed by atoms with Gasteiger partial charge < -0.3 is 20.5 Å². The van der Waals surface area contributed by atoms with E-state index in [1.165, 1.54) is 0 Å². The van der Waals surface area contributed by atoms with Crippen molar-refractivity contribution >= 4 is 5.91 Å². The lowest BCUT2D eigenvalue weighted by Crippen LogP contribution is -2.46. The molecule has 6 heteroatoms. The van der Waals surface area contributed by atoms with Gasteiger partial charge in [0, 0.05) is 51.9 Å². The zero-order valence-electron chi connectivity index (χ0n) is 13.2. The molecule has 0 rings (SSSR count). The van der Waals surface area contributed by atoms with E-state index >= 15 is 0 Å². The Morgan fingerprint density at radius 2 is 1.70 bits per heavy atom. The first kappa shape index (κ1) is 19.3. The van der Waals surface area contributed by atoms with Crippen molar-refractivity contribution in [2.45, 2.75) is 33.2 Å². The summed E-state index contributed by atoms with van der Waals surface area (Å²) in [5.41, 5.74) is 5.82. The van der Waals surface area contributed by atoms with E-state index in [9.17, 15) is 4.79 Å². The molecule has 0 radical (unpaired) electrons. The monoisotopic (exact) mass is 289 g/mol. The average Bonchev–Trinajstić information content (AvgIpc) is 2.44. The minimum Gasteiger partial charge on any atom is -0.380 e. The second-order valence-corrected chi connectivity index (χ2v) is 4.48. The average molecular weight is 289 g/mol. The van der Waals surface area contributed by atoms with Crippen LogP contribution in [-0.4, -0.2) is 69.5 Å². The first-order valence-electron chi connectivity index (χ1n) is 7.55. The number of nitrogens with zero attached hydrogens (tertiary/aromatic N) is 1. The van der Waals surface area contributed by atoms with Gasteiger partial charge in [-0.25, -0.2) is 0 Å². The minimum atomic E-state index is 0.0301. The highest BCUT2D eigenvalue weighted by Gasteiger charge is 2.19. The largest absolute Gasteiger partial charge is 0.380 e. The van der Waals surface area contributed by atoms with Crippen LogP contribution in [-0.2, 0) is 14.3 Å². The van der Waals surface area contributed by atoms with Crippen molar-refractivity contribution < 1.29 is 14.3 Å². The molecule has 0 saturated heterocycles. The first-order chi connectivity index (χ1) is 9.69. The highest BCUT2D eigenvalue weighted by atomic mass is 16.5. The molecule has 20 heavy (non-hydrogen) atoms. The van der Waals surface area contributed by atoms with Crippen LogP contribution in [0.5, 0.6) is 0 Å². The lowest BCUT2D eigenvalue weighted by molar-refractivity contribution is -0.122. The second kappa shape index (κ2) is 13.3. The normalized spacial score (nSPS) is 12.7. The van der Waals surface area contributed by atoms with Gasteiger partial charge in [0.05, 0.1) is 13.2 Å². The molecule has 0 saturated carbocycles. The molecule has 3 N–H and O–H groups in total. The first-order valence-corrected chi connectivity index (χ1v) is 7.55. The Balaban J connectivity index is 4.36. The van der Waals surface area contributed by atoms with E-state index in [2.05, 4.69) is 10.2 Å². The number of amides is 1. The fraction of sp³-hybridized carbons (Fsp3) is 0.929. The van der Waals surface area contributed by atoms with Crippen LogP contribution in [0.25, 0.3) is 0 Å². The quantitative estimate of drug-likeness (QED) is 0.474. The molecule has 0 aliphatic rings. The zero-order valence-corrected chi connectivity index (χ0v) is 13.2. The van der Waals surface area contributed by atoms with Gasteiger partial charge in [-0.3, -0.25) is 9.69 Å². The molecule has 0 spiro atoms. The number of hydrogen-bond donors (Lipinski definition) is 2. The number of hydrogen-bond acceptors (Lipinski definition) is 5. The summed E-state index contributed by atoms with van der Waals surface area (Å²) in [4.78, 5) is 13.9. The number of ether oxygens (including phenoxy) is 2. The zero-order chi connectivity index (χ0) is 15.2. The molecule has 0 bridgehead atoms. The van der Waals surface area contributed by atoms with Gasteiger partial charge in [0.2, 0.25) is 5.91 Å². The number of carbonyl (C=O) groups excluding carboxylic acids is 1. The Hall–Kier alpha value is -0.690. The van der Waals surface area contributed by atoms with E-state index in [1.807, 2.05) is 20.8 Å². The van der Waals surface area contributed by atoms with Gasteiger partial charge in [0.15, 0.2) is 0 Å². The lowest BCUT2D eigenvalue weighted by atomic mass is 10.1. The van der Waals surface area contributed by atoms with Crippen LogP contribution < -0.4 is 11.1 Å². The molecule has 0 aromatic carbocycles. The third-order valence-electron chi connectivity index (χ3n) is 3.04. The van der Waals surface area contributed by atoms with Gasteiger partial charge in [-0.1, -0.05) is 0 Å². The highest BCUT2D eigenvalue weighted by Crippen LogP contribution is 2.04. The fourth-order valence-corrected chi connectivity index (χ4v) is 1.97. The van der Waals surface area contributed by atoms with Crippen LogP contribution in [0.3, 0.4) is 0 Å². The standard InChI is InChI=1S/C14H31N3O3/c1-4-16-14(18)11-13(12-15)17(7-9-19-5-2)8-10-20-6-3/h13H,4-12,15H2,1-3H3,(H,16,18). The third kappa shape index (κ3) is 9.25. The molecule has 0 aliphatic carbocycles. The van der Waals surface area contributed by atoms with Gasteiger partial charge in [-0.15, -0.1) is 0 Å². The molecule has 120 valence electrons. The van der Waals surface area contributed by atoms with Crippen LogP contribution in [0.2, 0.25) is 0 Å². The Morgan fingerprint density at radius 3 is 2.10 bits per heavy atom. The molecule has 0 aromatic heterocycles. The summed E-state index contributed by atoms with van der Waals surface area (Å²) < 4.78 is 10.8. The Labute approximate surface area is 123 Å². The van der Waals surface area contributed by atoms with E-state index in [0.717, 1.165) is 13.1 Å². The number of nitrogens with two attached hydrogens (primary N) is 1. The van der Waals surface area contributed by atoms with Gasteiger partial charge >= 0.3 is 0 Å². The van der Waals surface area contributed by atoms with E-state index in [4.69, 9.17) is 15.2 Å². The number of carbonyl (C=O) groups is 1. The Morgan fingerprint density at radius 1 is 1.15 bits per heavy atom. The molecule has 0 aromatic rings. The molecular formula is C14H31N3O3. The molecule has 1 unspecified atom stereocenters. The summed E-state index contributed by atoms with van der Waals surface area (Å²) in [7, 11) is 0. The van der Waals surface area contributed by atoms with Gasteiger partial charge in [0.1, 0.15) is 0 Å². The lowest BCUT2D eigenvalue weighted by Gasteiger charge is -2.30. The summed E-state index contributed by atoms with van der Waals surface area (Å²) in [6.07, 6.45) is 0.419. The Bertz CT molecular complexity index is 230. The van der Waals surface area contributed by atoms with Crippen molar-refractivity contribution in [2.75, 3.05) is 52.6 Å². The van der Waals surface area contributed by atoms with Crippen molar-refractivity contribution in [2.24, 2.45) is 5.73 Å². The molecule has 0 heterocycles. The smallest absolute Gasteiger partial charge is 0.221 e. The van der Waals surface area contributed by atoms with Crippen molar-refractivity contribution in [3.05, 3.63) is 0 Å². The van der Waals surface area contributed by atoms with Crippen LogP contribution in [0, 0.1) is 0 Å². The summed E-state index contributed by atoms with van der Waals surface area (Å²) in [6.45, 7) is 11.2. The van der Waals surface area contributed by atoms with E-state index in [1.54, 1.807) is 0 Å². The molecular weight excluding hydrogens is 258 g/mol. The highest BCUT2D eigenvalue weighted by molar-refractivity contribution is 5.76. The van der Waals surface area contributed by atoms with Crippen LogP contribution in [0.4, 0.5) is 0 Å². The fourth-order valence-electron chi connectivity index (χ4n) is 1.97.